The molecule has 4 aromatic rings. The average molecular weight is 719 g/mol. The van der Waals surface area contributed by atoms with E-state index in [9.17, 15) is 32.7 Å². The molecule has 4 amide bonds. The van der Waals surface area contributed by atoms with Gasteiger partial charge in [0.25, 0.3) is 11.8 Å². The number of nitrogen functional groups attached to an aromatic ring is 1. The highest BCUT2D eigenvalue weighted by Gasteiger charge is 2.35. The zero-order valence-electron chi connectivity index (χ0n) is 28.9. The number of aliphatic hydroxyl groups is 1. The van der Waals surface area contributed by atoms with Gasteiger partial charge in [0, 0.05) is 36.8 Å². The Kier molecular flexibility index (Phi) is 11.7. The quantitative estimate of drug-likeness (QED) is 0.117. The predicted molar refractivity (Wildman–Crippen MR) is 193 cm³/mol. The van der Waals surface area contributed by atoms with Crippen LogP contribution in [-0.2, 0) is 12.7 Å². The fraction of sp³-hybridized carbons (Fsp3) is 0.289. The molecule has 1 aliphatic heterocycles. The lowest BCUT2D eigenvalue weighted by atomic mass is 9.98. The third-order valence-electron chi connectivity index (χ3n) is 8.78. The molecule has 3 atom stereocenters. The molecule has 4 aromatic carbocycles. The molecule has 11 nitrogen and oxygen atoms in total. The Bertz CT molecular complexity index is 1890. The normalized spacial score (nSPS) is 16.6. The lowest BCUT2D eigenvalue weighted by Gasteiger charge is -2.38. The summed E-state index contributed by atoms with van der Waals surface area (Å²) in [6, 6.07) is 21.7. The highest BCUT2D eigenvalue weighted by Crippen LogP contribution is 2.35. The van der Waals surface area contributed by atoms with Crippen LogP contribution in [-0.4, -0.2) is 71.6 Å². The minimum atomic E-state index is -4.52. The van der Waals surface area contributed by atoms with Gasteiger partial charge >= 0.3 is 12.2 Å². The Hall–Kier alpha value is -5.60. The van der Waals surface area contributed by atoms with Crippen LogP contribution in [0.2, 0.25) is 0 Å². The Morgan fingerprint density at radius 1 is 0.962 bits per heavy atom. The number of fused-ring (bicyclic) bond motifs is 1. The average Bonchev–Trinajstić information content (AvgIpc) is 3.10. The molecule has 0 saturated carbocycles. The van der Waals surface area contributed by atoms with Crippen molar-refractivity contribution in [2.24, 2.45) is 5.92 Å². The van der Waals surface area contributed by atoms with Crippen molar-refractivity contribution < 1.29 is 37.4 Å². The van der Waals surface area contributed by atoms with Crippen LogP contribution >= 0.6 is 0 Å². The summed E-state index contributed by atoms with van der Waals surface area (Å²) in [4.78, 5) is 43.3. The van der Waals surface area contributed by atoms with Gasteiger partial charge in [0.15, 0.2) is 5.75 Å². The number of hydrogen-bond donors (Lipinski definition) is 5. The molecule has 0 fully saturated rings. The van der Waals surface area contributed by atoms with Crippen LogP contribution in [0.15, 0.2) is 91.0 Å². The molecule has 14 heteroatoms. The number of halogens is 3. The topological polar surface area (TPSA) is 149 Å². The van der Waals surface area contributed by atoms with Crippen LogP contribution in [0.1, 0.15) is 45.7 Å². The van der Waals surface area contributed by atoms with E-state index >= 15 is 0 Å². The third-order valence-corrected chi connectivity index (χ3v) is 8.78. The number of nitrogens with zero attached hydrogens (tertiary/aromatic N) is 2. The molecule has 0 saturated heterocycles. The van der Waals surface area contributed by atoms with Crippen LogP contribution in [0, 0.1) is 5.92 Å². The van der Waals surface area contributed by atoms with E-state index in [-0.39, 0.29) is 47.0 Å². The molecule has 0 aliphatic carbocycles. The minimum Gasteiger partial charge on any atom is -0.486 e. The van der Waals surface area contributed by atoms with Gasteiger partial charge in [-0.05, 0) is 80.2 Å². The van der Waals surface area contributed by atoms with E-state index in [0.717, 1.165) is 29.8 Å². The summed E-state index contributed by atoms with van der Waals surface area (Å²) in [5, 5.41) is 18.0. The van der Waals surface area contributed by atoms with Crippen LogP contribution in [0.3, 0.4) is 0 Å². The molecule has 5 rings (SSSR count). The van der Waals surface area contributed by atoms with E-state index < -0.39 is 29.9 Å². The number of aliphatic hydroxyl groups excluding tert-OH is 1. The molecule has 52 heavy (non-hydrogen) atoms. The van der Waals surface area contributed by atoms with Gasteiger partial charge in [0.05, 0.1) is 40.8 Å². The Labute approximate surface area is 299 Å². The maximum Gasteiger partial charge on any atom is 0.416 e. The highest BCUT2D eigenvalue weighted by atomic mass is 19.4. The molecule has 274 valence electrons. The summed E-state index contributed by atoms with van der Waals surface area (Å²) >= 11 is 0. The van der Waals surface area contributed by atoms with Gasteiger partial charge in [-0.25, -0.2) is 4.79 Å². The lowest BCUT2D eigenvalue weighted by molar-refractivity contribution is -0.137. The molecule has 0 aromatic heterocycles. The van der Waals surface area contributed by atoms with E-state index in [2.05, 4.69) is 16.0 Å². The SMILES string of the molecule is C[C@@H]1CN([C@@H](C)CO)C(=O)c2cccc(NC(=O)Nc3ccc(C(F)(F)F)cc3)c2O[C@@H]1CN(C)Cc1ccc(C(=O)Nc2ccccc2N)cc1. The van der Waals surface area contributed by atoms with Crippen LogP contribution in [0.5, 0.6) is 5.75 Å². The number of nitrogens with one attached hydrogen (secondary N) is 3. The number of carbonyl (C=O) groups excluding carboxylic acids is 3. The second-order valence-corrected chi connectivity index (χ2v) is 12.9. The fourth-order valence-electron chi connectivity index (χ4n) is 5.84. The summed E-state index contributed by atoms with van der Waals surface area (Å²) < 4.78 is 45.6. The van der Waals surface area contributed by atoms with Gasteiger partial charge in [0.1, 0.15) is 6.10 Å². The highest BCUT2D eigenvalue weighted by molar-refractivity contribution is 6.06. The van der Waals surface area contributed by atoms with Gasteiger partial charge < -0.3 is 36.4 Å². The van der Waals surface area contributed by atoms with Crippen molar-refractivity contribution in [1.29, 1.82) is 0 Å². The molecular weight excluding hydrogens is 677 g/mol. The number of likely N-dealkylation sites (N-methyl/N-ethyl adjacent to an activating group) is 1. The Morgan fingerprint density at radius 3 is 2.29 bits per heavy atom. The first kappa shape index (κ1) is 37.7. The number of hydrogen-bond acceptors (Lipinski definition) is 7. The summed E-state index contributed by atoms with van der Waals surface area (Å²) in [7, 11) is 1.91. The van der Waals surface area contributed by atoms with Gasteiger partial charge in [-0.2, -0.15) is 13.2 Å². The number of alkyl halides is 3. The maximum atomic E-state index is 13.8. The van der Waals surface area contributed by atoms with Crippen molar-refractivity contribution in [2.45, 2.75) is 38.7 Å². The van der Waals surface area contributed by atoms with E-state index in [1.54, 1.807) is 66.4 Å². The zero-order valence-corrected chi connectivity index (χ0v) is 28.9. The zero-order chi connectivity index (χ0) is 37.6. The molecule has 0 spiro atoms. The van der Waals surface area contributed by atoms with Crippen molar-refractivity contribution in [2.75, 3.05) is 48.4 Å². The van der Waals surface area contributed by atoms with Crippen molar-refractivity contribution >= 4 is 40.6 Å². The fourth-order valence-corrected chi connectivity index (χ4v) is 5.84. The summed E-state index contributed by atoms with van der Waals surface area (Å²) in [6.07, 6.45) is -5.01. The first-order chi connectivity index (χ1) is 24.7. The molecule has 1 aliphatic rings. The van der Waals surface area contributed by atoms with Gasteiger partial charge in [-0.3, -0.25) is 14.5 Å². The largest absolute Gasteiger partial charge is 0.486 e. The minimum absolute atomic E-state index is 0.129. The summed E-state index contributed by atoms with van der Waals surface area (Å²) in [5.41, 5.74) is 7.99. The number of urea groups is 1. The standard InChI is InChI=1S/C38H41F3N6O5/c1-23-19-47(24(2)22-48)36(50)29-7-6-10-32(45-37(51)43-28-17-15-27(16-18-28)38(39,40)41)34(29)52-33(23)21-46(3)20-25-11-13-26(14-12-25)35(49)44-31-9-5-4-8-30(31)42/h4-18,23-24,33,48H,19-22,42H2,1-3H3,(H,44,49)(H2,43,45,51)/t23-,24+,33-/m1/s1. The third kappa shape index (κ3) is 9.19. The monoisotopic (exact) mass is 718 g/mol. The Morgan fingerprint density at radius 2 is 1.63 bits per heavy atom. The number of rotatable bonds is 10. The van der Waals surface area contributed by atoms with E-state index in [1.807, 2.05) is 31.0 Å². The number of amides is 4. The van der Waals surface area contributed by atoms with Crippen molar-refractivity contribution in [3.8, 4) is 5.75 Å². The van der Waals surface area contributed by atoms with Gasteiger partial charge in [-0.1, -0.05) is 37.3 Å². The van der Waals surface area contributed by atoms with Crippen molar-refractivity contribution in [3.05, 3.63) is 113 Å². The number of nitrogens with two attached hydrogens (primary N) is 1. The van der Waals surface area contributed by atoms with Gasteiger partial charge in [0.2, 0.25) is 0 Å². The van der Waals surface area contributed by atoms with E-state index in [4.69, 9.17) is 10.5 Å². The number of ether oxygens (including phenoxy) is 1. The number of benzene rings is 4. The van der Waals surface area contributed by atoms with Crippen molar-refractivity contribution in [3.63, 3.8) is 0 Å². The van der Waals surface area contributed by atoms with Gasteiger partial charge in [-0.15, -0.1) is 0 Å². The molecule has 0 radical (unpaired) electrons. The van der Waals surface area contributed by atoms with Crippen molar-refractivity contribution in [1.82, 2.24) is 9.80 Å². The number of para-hydroxylation sites is 3. The number of carbonyl (C=O) groups is 3. The second kappa shape index (κ2) is 16.2. The van der Waals surface area contributed by atoms with E-state index in [1.165, 1.54) is 0 Å². The van der Waals surface area contributed by atoms with Crippen LogP contribution in [0.25, 0.3) is 0 Å². The first-order valence-corrected chi connectivity index (χ1v) is 16.6. The van der Waals surface area contributed by atoms with E-state index in [0.29, 0.717) is 36.6 Å². The second-order valence-electron chi connectivity index (χ2n) is 12.9. The van der Waals surface area contributed by atoms with Crippen LogP contribution < -0.4 is 26.4 Å². The molecule has 0 unspecified atom stereocenters. The lowest BCUT2D eigenvalue weighted by Crippen LogP contribution is -2.49. The maximum absolute atomic E-state index is 13.8. The molecule has 1 heterocycles. The molecule has 0 bridgehead atoms. The summed E-state index contributed by atoms with van der Waals surface area (Å²) in [5.74, 6) is -0.772. The predicted octanol–water partition coefficient (Wildman–Crippen LogP) is 6.54. The summed E-state index contributed by atoms with van der Waals surface area (Å²) in [6.45, 7) is 4.61. The first-order valence-electron chi connectivity index (χ1n) is 16.6. The number of anilines is 4. The smallest absolute Gasteiger partial charge is 0.416 e. The Balaban J connectivity index is 1.32. The molecular formula is C38H41F3N6O5. The van der Waals surface area contributed by atoms with Crippen LogP contribution in [0.4, 0.5) is 40.7 Å². The molecule has 6 N–H and O–H groups in total.